The minimum absolute atomic E-state index is 0.0674. The van der Waals surface area contributed by atoms with E-state index in [2.05, 4.69) is 17.7 Å². The molecule has 1 aromatic rings. The zero-order valence-electron chi connectivity index (χ0n) is 18.4. The number of nitrogens with zero attached hydrogens (tertiary/aromatic N) is 2. The Balaban J connectivity index is 1.65. The summed E-state index contributed by atoms with van der Waals surface area (Å²) < 4.78 is 0. The highest BCUT2D eigenvalue weighted by molar-refractivity contribution is 6.24. The molecule has 9 heteroatoms. The number of unbranched alkanes of at least 4 members (excludes halogenated alkanes) is 5. The van der Waals surface area contributed by atoms with Gasteiger partial charge in [0.15, 0.2) is 0 Å². The quantitative estimate of drug-likeness (QED) is 0.221. The van der Waals surface area contributed by atoms with E-state index in [0.717, 1.165) is 24.2 Å². The monoisotopic (exact) mass is 442 g/mol. The van der Waals surface area contributed by atoms with Crippen molar-refractivity contribution < 1.29 is 24.0 Å². The van der Waals surface area contributed by atoms with Gasteiger partial charge in [0.05, 0.1) is 17.7 Å². The molecule has 2 aliphatic heterocycles. The smallest absolute Gasteiger partial charge is 0.262 e. The first-order valence-corrected chi connectivity index (χ1v) is 11.3. The van der Waals surface area contributed by atoms with Gasteiger partial charge in [-0.2, -0.15) is 0 Å². The average Bonchev–Trinajstić information content (AvgIpc) is 3.03. The topological polar surface area (TPSA) is 116 Å². The van der Waals surface area contributed by atoms with Crippen molar-refractivity contribution in [3.63, 3.8) is 0 Å². The van der Waals surface area contributed by atoms with Crippen LogP contribution in [0.5, 0.6) is 0 Å². The van der Waals surface area contributed by atoms with Crippen LogP contribution in [0.4, 0.5) is 0 Å². The fourth-order valence-corrected chi connectivity index (χ4v) is 4.16. The van der Waals surface area contributed by atoms with Gasteiger partial charge in [0.25, 0.3) is 11.8 Å². The van der Waals surface area contributed by atoms with Gasteiger partial charge in [-0.1, -0.05) is 51.2 Å². The highest BCUT2D eigenvalue weighted by Crippen LogP contribution is 2.30. The third-order valence-electron chi connectivity index (χ3n) is 5.87. The maximum Gasteiger partial charge on any atom is 0.262 e. The second-order valence-electron chi connectivity index (χ2n) is 8.20. The van der Waals surface area contributed by atoms with Crippen molar-refractivity contribution in [2.75, 3.05) is 6.54 Å². The van der Waals surface area contributed by atoms with Gasteiger partial charge < -0.3 is 0 Å². The molecule has 2 heterocycles. The number of hydrogen-bond acceptors (Lipinski definition) is 6. The number of amides is 5. The van der Waals surface area contributed by atoms with Gasteiger partial charge in [0, 0.05) is 13.0 Å². The molecule has 1 aromatic carbocycles. The summed E-state index contributed by atoms with van der Waals surface area (Å²) in [6.07, 6.45) is 7.64. The lowest BCUT2D eigenvalue weighted by molar-refractivity contribution is -0.136. The Bertz CT molecular complexity index is 900. The summed E-state index contributed by atoms with van der Waals surface area (Å²) in [5.41, 5.74) is 4.00. The molecule has 0 radical (unpaired) electrons. The summed E-state index contributed by atoms with van der Waals surface area (Å²) >= 11 is 0. The molecule has 0 bridgehead atoms. The molecule has 5 amide bonds. The van der Waals surface area contributed by atoms with Crippen molar-refractivity contribution in [1.82, 2.24) is 20.7 Å². The van der Waals surface area contributed by atoms with Crippen LogP contribution in [0.1, 0.15) is 84.6 Å². The van der Waals surface area contributed by atoms with Crippen molar-refractivity contribution in [3.8, 4) is 0 Å². The molecule has 32 heavy (non-hydrogen) atoms. The van der Waals surface area contributed by atoms with Gasteiger partial charge in [-0.25, -0.2) is 5.43 Å². The van der Waals surface area contributed by atoms with Gasteiger partial charge in [-0.15, -0.1) is 0 Å². The van der Waals surface area contributed by atoms with Crippen LogP contribution in [0.3, 0.4) is 0 Å². The van der Waals surface area contributed by atoms with Crippen molar-refractivity contribution in [2.24, 2.45) is 0 Å². The molecule has 1 fully saturated rings. The number of rotatable bonds is 12. The third kappa shape index (κ3) is 5.21. The number of piperidine rings is 1. The second kappa shape index (κ2) is 11.0. The molecule has 0 spiro atoms. The van der Waals surface area contributed by atoms with Crippen LogP contribution in [0.15, 0.2) is 18.2 Å². The van der Waals surface area contributed by atoms with E-state index < -0.39 is 29.7 Å². The molecular weight excluding hydrogens is 412 g/mol. The Labute approximate surface area is 187 Å². The number of hydrogen-bond donors (Lipinski definition) is 2. The highest BCUT2D eigenvalue weighted by atomic mass is 16.2. The van der Waals surface area contributed by atoms with Gasteiger partial charge in [-0.05, 0) is 24.5 Å². The normalized spacial score (nSPS) is 18.0. The number of carbonyl (C=O) groups is 5. The fourth-order valence-electron chi connectivity index (χ4n) is 4.16. The van der Waals surface area contributed by atoms with E-state index in [-0.39, 0.29) is 30.5 Å². The molecule has 1 unspecified atom stereocenters. The average molecular weight is 443 g/mol. The summed E-state index contributed by atoms with van der Waals surface area (Å²) in [7, 11) is 0. The Morgan fingerprint density at radius 3 is 2.56 bits per heavy atom. The van der Waals surface area contributed by atoms with Crippen LogP contribution in [-0.4, -0.2) is 52.5 Å². The van der Waals surface area contributed by atoms with Crippen LogP contribution < -0.4 is 10.7 Å². The van der Waals surface area contributed by atoms with Gasteiger partial charge in [0.2, 0.25) is 18.2 Å². The second-order valence-corrected chi connectivity index (χ2v) is 8.20. The number of nitrogens with one attached hydrogen (secondary N) is 2. The van der Waals surface area contributed by atoms with Crippen LogP contribution in [0.2, 0.25) is 0 Å². The standard InChI is InChI=1S/C23H30N4O5/c1-2-3-4-5-6-7-13-24-26(15-28)14-16-9-8-10-17-20(16)23(32)27(22(17)31)18-11-12-19(29)25-21(18)30/h8-10,15,18,24H,2-7,11-14H2,1H3,(H,25,29,30). The molecule has 0 saturated carbocycles. The van der Waals surface area contributed by atoms with E-state index >= 15 is 0 Å². The third-order valence-corrected chi connectivity index (χ3v) is 5.87. The van der Waals surface area contributed by atoms with E-state index in [1.165, 1.54) is 24.3 Å². The SMILES string of the molecule is CCCCCCCCNN(C=O)Cc1cccc2c1C(=O)N(C1CCC(=O)NC1=O)C2=O. The molecule has 2 N–H and O–H groups in total. The Morgan fingerprint density at radius 2 is 1.84 bits per heavy atom. The first-order chi connectivity index (χ1) is 15.5. The number of imide groups is 2. The van der Waals surface area contributed by atoms with Crippen LogP contribution in [0.25, 0.3) is 0 Å². The predicted molar refractivity (Wildman–Crippen MR) is 116 cm³/mol. The van der Waals surface area contributed by atoms with E-state index in [1.807, 2.05) is 0 Å². The molecule has 172 valence electrons. The number of hydrazine groups is 1. The van der Waals surface area contributed by atoms with E-state index in [0.29, 0.717) is 18.5 Å². The highest BCUT2D eigenvalue weighted by Gasteiger charge is 2.45. The maximum absolute atomic E-state index is 13.1. The van der Waals surface area contributed by atoms with Crippen molar-refractivity contribution in [1.29, 1.82) is 0 Å². The Morgan fingerprint density at radius 1 is 1.09 bits per heavy atom. The largest absolute Gasteiger partial charge is 0.295 e. The molecule has 0 aliphatic carbocycles. The van der Waals surface area contributed by atoms with E-state index in [4.69, 9.17) is 0 Å². The van der Waals surface area contributed by atoms with Crippen LogP contribution in [-0.2, 0) is 20.9 Å². The molecule has 1 atom stereocenters. The van der Waals surface area contributed by atoms with Crippen LogP contribution >= 0.6 is 0 Å². The Kier molecular flexibility index (Phi) is 8.10. The van der Waals surface area contributed by atoms with Crippen molar-refractivity contribution in [3.05, 3.63) is 34.9 Å². The summed E-state index contributed by atoms with van der Waals surface area (Å²) in [5.74, 6) is -2.19. The maximum atomic E-state index is 13.1. The zero-order valence-corrected chi connectivity index (χ0v) is 18.4. The predicted octanol–water partition coefficient (Wildman–Crippen LogP) is 1.91. The molecule has 3 rings (SSSR count). The molecule has 1 saturated heterocycles. The van der Waals surface area contributed by atoms with Gasteiger partial charge in [-0.3, -0.25) is 39.2 Å². The number of benzene rings is 1. The minimum Gasteiger partial charge on any atom is -0.295 e. The molecular formula is C23H30N4O5. The van der Waals surface area contributed by atoms with Gasteiger partial charge >= 0.3 is 0 Å². The van der Waals surface area contributed by atoms with Gasteiger partial charge in [0.1, 0.15) is 6.04 Å². The Hall–Kier alpha value is -3.07. The number of carbonyl (C=O) groups excluding carboxylic acids is 5. The summed E-state index contributed by atoms with van der Waals surface area (Å²) in [4.78, 5) is 62.2. The molecule has 0 aromatic heterocycles. The summed E-state index contributed by atoms with van der Waals surface area (Å²) in [5, 5.41) is 3.56. The van der Waals surface area contributed by atoms with E-state index in [1.54, 1.807) is 18.2 Å². The lowest BCUT2D eigenvalue weighted by Gasteiger charge is -2.28. The molecule has 9 nitrogen and oxygen atoms in total. The van der Waals surface area contributed by atoms with Crippen molar-refractivity contribution in [2.45, 2.75) is 70.9 Å². The number of fused-ring (bicyclic) bond motifs is 1. The minimum atomic E-state index is -1.01. The summed E-state index contributed by atoms with van der Waals surface area (Å²) in [6.45, 7) is 2.92. The first kappa shape index (κ1) is 23.6. The lowest BCUT2D eigenvalue weighted by atomic mass is 10.0. The van der Waals surface area contributed by atoms with Crippen molar-refractivity contribution >= 4 is 30.0 Å². The molecule has 2 aliphatic rings. The summed E-state index contributed by atoms with van der Waals surface area (Å²) in [6, 6.07) is 3.88. The van der Waals surface area contributed by atoms with Crippen LogP contribution in [0, 0.1) is 0 Å². The fraction of sp³-hybridized carbons (Fsp3) is 0.522. The zero-order chi connectivity index (χ0) is 23.1. The first-order valence-electron chi connectivity index (χ1n) is 11.3. The lowest BCUT2D eigenvalue weighted by Crippen LogP contribution is -2.54. The van der Waals surface area contributed by atoms with E-state index in [9.17, 15) is 24.0 Å².